The number of alkyl halides is 2. The standard InChI is InChI=1S/C27H26F2N4O4/c1-35-20-7-5-17(6-8-20)16-37-24-14-23-18(15-33(32-23)19-9-11-36-12-10-19)13-21(24)27(34)31-25-4-2-3-22(30-25)26(28)29/h2-8,13-15,19,26H,9-12,16H2,1H3,(H,30,31,34). The first kappa shape index (κ1) is 24.6. The normalized spacial score (nSPS) is 14.2. The minimum atomic E-state index is -2.74. The van der Waals surface area contributed by atoms with E-state index in [4.69, 9.17) is 19.3 Å². The Hall–Kier alpha value is -4.05. The summed E-state index contributed by atoms with van der Waals surface area (Å²) in [5.41, 5.74) is 1.40. The molecule has 37 heavy (non-hydrogen) atoms. The summed E-state index contributed by atoms with van der Waals surface area (Å²) >= 11 is 0. The molecular formula is C27H26F2N4O4. The number of carbonyl (C=O) groups is 1. The van der Waals surface area contributed by atoms with E-state index in [0.29, 0.717) is 24.5 Å². The molecule has 0 spiro atoms. The number of benzene rings is 2. The maximum atomic E-state index is 13.3. The molecule has 0 unspecified atom stereocenters. The second-order valence-electron chi connectivity index (χ2n) is 8.70. The summed E-state index contributed by atoms with van der Waals surface area (Å²) in [6, 6.07) is 15.1. The molecule has 1 saturated heterocycles. The highest BCUT2D eigenvalue weighted by atomic mass is 19.3. The average Bonchev–Trinajstić information content (AvgIpc) is 3.35. The fraction of sp³-hybridized carbons (Fsp3) is 0.296. The Balaban J connectivity index is 1.45. The Morgan fingerprint density at radius 2 is 1.95 bits per heavy atom. The van der Waals surface area contributed by atoms with E-state index in [1.807, 2.05) is 35.1 Å². The van der Waals surface area contributed by atoms with Crippen LogP contribution in [0, 0.1) is 0 Å². The second-order valence-corrected chi connectivity index (χ2v) is 8.70. The van der Waals surface area contributed by atoms with Crippen LogP contribution in [0.4, 0.5) is 14.6 Å². The molecule has 1 fully saturated rings. The van der Waals surface area contributed by atoms with Crippen LogP contribution < -0.4 is 14.8 Å². The molecule has 0 aliphatic carbocycles. The topological polar surface area (TPSA) is 87.5 Å². The van der Waals surface area contributed by atoms with Crippen LogP contribution in [0.2, 0.25) is 0 Å². The molecule has 1 aliphatic heterocycles. The van der Waals surface area contributed by atoms with Crippen LogP contribution in [-0.4, -0.2) is 41.0 Å². The number of hydrogen-bond donors (Lipinski definition) is 1. The number of halogens is 2. The predicted octanol–water partition coefficient (Wildman–Crippen LogP) is 5.56. The molecule has 1 aliphatic rings. The van der Waals surface area contributed by atoms with Gasteiger partial charge in [0, 0.05) is 30.9 Å². The smallest absolute Gasteiger partial charge is 0.280 e. The Morgan fingerprint density at radius 3 is 2.68 bits per heavy atom. The van der Waals surface area contributed by atoms with Crippen LogP contribution in [0.15, 0.2) is 60.8 Å². The third-order valence-corrected chi connectivity index (χ3v) is 6.22. The van der Waals surface area contributed by atoms with Gasteiger partial charge in [-0.25, -0.2) is 13.8 Å². The average molecular weight is 509 g/mol. The van der Waals surface area contributed by atoms with E-state index in [1.54, 1.807) is 19.2 Å². The largest absolute Gasteiger partial charge is 0.497 e. The van der Waals surface area contributed by atoms with E-state index < -0.39 is 18.0 Å². The van der Waals surface area contributed by atoms with Crippen LogP contribution in [0.1, 0.15) is 46.9 Å². The van der Waals surface area contributed by atoms with Crippen molar-refractivity contribution in [3.05, 3.63) is 77.6 Å². The molecule has 1 N–H and O–H groups in total. The van der Waals surface area contributed by atoms with Gasteiger partial charge >= 0.3 is 0 Å². The highest BCUT2D eigenvalue weighted by molar-refractivity contribution is 6.08. The first-order valence-corrected chi connectivity index (χ1v) is 11.9. The number of anilines is 1. The van der Waals surface area contributed by atoms with Crippen molar-refractivity contribution in [1.82, 2.24) is 14.8 Å². The van der Waals surface area contributed by atoms with Gasteiger partial charge in [0.2, 0.25) is 0 Å². The van der Waals surface area contributed by atoms with E-state index in [0.717, 1.165) is 29.5 Å². The van der Waals surface area contributed by atoms with Crippen LogP contribution >= 0.6 is 0 Å². The van der Waals surface area contributed by atoms with E-state index >= 15 is 0 Å². The lowest BCUT2D eigenvalue weighted by atomic mass is 10.1. The lowest BCUT2D eigenvalue weighted by Gasteiger charge is -2.22. The number of carbonyl (C=O) groups excluding carboxylic acids is 1. The van der Waals surface area contributed by atoms with Gasteiger partial charge in [0.15, 0.2) is 0 Å². The third kappa shape index (κ3) is 5.69. The zero-order valence-electron chi connectivity index (χ0n) is 20.2. The molecule has 5 rings (SSSR count). The summed E-state index contributed by atoms with van der Waals surface area (Å²) in [5, 5.41) is 8.11. The van der Waals surface area contributed by atoms with Crippen LogP contribution in [0.5, 0.6) is 11.5 Å². The van der Waals surface area contributed by atoms with E-state index in [-0.39, 0.29) is 24.0 Å². The van der Waals surface area contributed by atoms with Crippen molar-refractivity contribution >= 4 is 22.6 Å². The molecular weight excluding hydrogens is 482 g/mol. The van der Waals surface area contributed by atoms with Gasteiger partial charge < -0.3 is 19.5 Å². The van der Waals surface area contributed by atoms with Crippen molar-refractivity contribution in [3.8, 4) is 11.5 Å². The third-order valence-electron chi connectivity index (χ3n) is 6.22. The number of rotatable bonds is 8. The molecule has 3 heterocycles. The number of methoxy groups -OCH3 is 1. The predicted molar refractivity (Wildman–Crippen MR) is 133 cm³/mol. The Kier molecular flexibility index (Phi) is 7.27. The van der Waals surface area contributed by atoms with Gasteiger partial charge in [0.1, 0.15) is 29.6 Å². The molecule has 0 bridgehead atoms. The first-order valence-electron chi connectivity index (χ1n) is 11.9. The zero-order chi connectivity index (χ0) is 25.8. The van der Waals surface area contributed by atoms with E-state index in [2.05, 4.69) is 10.3 Å². The quantitative estimate of drug-likeness (QED) is 0.335. The number of hydrogen-bond acceptors (Lipinski definition) is 6. The Morgan fingerprint density at radius 1 is 1.16 bits per heavy atom. The van der Waals surface area contributed by atoms with Crippen molar-refractivity contribution in [3.63, 3.8) is 0 Å². The van der Waals surface area contributed by atoms with Crippen LogP contribution in [0.25, 0.3) is 10.9 Å². The van der Waals surface area contributed by atoms with Gasteiger partial charge in [0.25, 0.3) is 12.3 Å². The van der Waals surface area contributed by atoms with Gasteiger partial charge in [0.05, 0.1) is 24.2 Å². The fourth-order valence-corrected chi connectivity index (χ4v) is 4.21. The minimum Gasteiger partial charge on any atom is -0.497 e. The minimum absolute atomic E-state index is 0.0295. The molecule has 4 aromatic rings. The molecule has 2 aromatic carbocycles. The first-order chi connectivity index (χ1) is 18.0. The Labute approximate surface area is 212 Å². The number of amides is 1. The van der Waals surface area contributed by atoms with E-state index in [1.165, 1.54) is 18.2 Å². The molecule has 192 valence electrons. The summed E-state index contributed by atoms with van der Waals surface area (Å²) in [6.07, 6.45) is 0.876. The SMILES string of the molecule is COc1ccc(COc2cc3nn(C4CCOCC4)cc3cc2C(=O)Nc2cccc(C(F)F)n2)cc1. The van der Waals surface area contributed by atoms with Gasteiger partial charge in [-0.05, 0) is 48.7 Å². The molecule has 10 heteroatoms. The zero-order valence-corrected chi connectivity index (χ0v) is 20.2. The van der Waals surface area contributed by atoms with Crippen LogP contribution in [0.3, 0.4) is 0 Å². The van der Waals surface area contributed by atoms with Crippen molar-refractivity contribution in [1.29, 1.82) is 0 Å². The van der Waals surface area contributed by atoms with Crippen molar-refractivity contribution in [2.45, 2.75) is 31.9 Å². The summed E-state index contributed by atoms with van der Waals surface area (Å²) in [6.45, 7) is 1.56. The van der Waals surface area contributed by atoms with Gasteiger partial charge in [-0.15, -0.1) is 0 Å². The van der Waals surface area contributed by atoms with Crippen molar-refractivity contribution < 1.29 is 27.8 Å². The molecule has 0 atom stereocenters. The molecule has 0 saturated carbocycles. The number of ether oxygens (including phenoxy) is 3. The fourth-order valence-electron chi connectivity index (χ4n) is 4.21. The van der Waals surface area contributed by atoms with Crippen LogP contribution in [-0.2, 0) is 11.3 Å². The highest BCUT2D eigenvalue weighted by Gasteiger charge is 2.21. The van der Waals surface area contributed by atoms with Crippen molar-refractivity contribution in [2.24, 2.45) is 0 Å². The number of aromatic nitrogens is 3. The van der Waals surface area contributed by atoms with Gasteiger partial charge in [-0.2, -0.15) is 5.10 Å². The Bertz CT molecular complexity index is 1390. The van der Waals surface area contributed by atoms with Gasteiger partial charge in [-0.3, -0.25) is 9.48 Å². The maximum absolute atomic E-state index is 13.3. The summed E-state index contributed by atoms with van der Waals surface area (Å²) < 4.78 is 44.8. The number of pyridine rings is 1. The summed E-state index contributed by atoms with van der Waals surface area (Å²) in [5.74, 6) is 0.553. The number of nitrogens with zero attached hydrogens (tertiary/aromatic N) is 3. The number of fused-ring (bicyclic) bond motifs is 1. The molecule has 0 radical (unpaired) electrons. The number of nitrogens with one attached hydrogen (secondary N) is 1. The summed E-state index contributed by atoms with van der Waals surface area (Å²) in [7, 11) is 1.59. The molecule has 1 amide bonds. The highest BCUT2D eigenvalue weighted by Crippen LogP contribution is 2.30. The van der Waals surface area contributed by atoms with E-state index in [9.17, 15) is 13.6 Å². The van der Waals surface area contributed by atoms with Crippen molar-refractivity contribution in [2.75, 3.05) is 25.6 Å². The maximum Gasteiger partial charge on any atom is 0.280 e. The second kappa shape index (κ2) is 10.9. The molecule has 2 aromatic heterocycles. The lowest BCUT2D eigenvalue weighted by Crippen LogP contribution is -2.19. The monoisotopic (exact) mass is 508 g/mol. The molecule has 8 nitrogen and oxygen atoms in total. The lowest BCUT2D eigenvalue weighted by molar-refractivity contribution is 0.0664. The van der Waals surface area contributed by atoms with Gasteiger partial charge in [-0.1, -0.05) is 18.2 Å². The summed E-state index contributed by atoms with van der Waals surface area (Å²) in [4.78, 5) is 17.1.